The Balaban J connectivity index is 2.42. The molecule has 0 unspecified atom stereocenters. The summed E-state index contributed by atoms with van der Waals surface area (Å²) in [6.45, 7) is 2.86. The zero-order chi connectivity index (χ0) is 29.8. The summed E-state index contributed by atoms with van der Waals surface area (Å²) in [6, 6.07) is 3.78. The van der Waals surface area contributed by atoms with E-state index in [4.69, 9.17) is 10.7 Å². The lowest BCUT2D eigenvalue weighted by Crippen LogP contribution is -2.50. The molecule has 0 saturated heterocycles. The van der Waals surface area contributed by atoms with Gasteiger partial charge in [0, 0.05) is 16.7 Å². The van der Waals surface area contributed by atoms with E-state index in [-0.39, 0.29) is 40.1 Å². The number of halogens is 8. The number of amidine groups is 1. The molecule has 0 saturated carbocycles. The van der Waals surface area contributed by atoms with Crippen LogP contribution in [0.25, 0.3) is 0 Å². The van der Waals surface area contributed by atoms with Crippen molar-refractivity contribution in [2.24, 2.45) is 10.8 Å². The summed E-state index contributed by atoms with van der Waals surface area (Å²) in [5.41, 5.74) is 1.47. The minimum Gasteiger partial charge on any atom is -0.389 e. The molecule has 39 heavy (non-hydrogen) atoms. The maximum Gasteiger partial charge on any atom is 0.460 e. The number of benzene rings is 1. The molecule has 6 N–H and O–H groups in total. The van der Waals surface area contributed by atoms with Crippen LogP contribution < -0.4 is 22.1 Å². The first kappa shape index (κ1) is 32.0. The summed E-state index contributed by atoms with van der Waals surface area (Å²) in [6.07, 6.45) is -6.75. The normalized spacial score (nSPS) is 13.3. The molecule has 216 valence electrons. The third-order valence-corrected chi connectivity index (χ3v) is 5.59. The summed E-state index contributed by atoms with van der Waals surface area (Å²) in [5, 5.41) is 11.8. The van der Waals surface area contributed by atoms with Crippen molar-refractivity contribution in [3.63, 3.8) is 0 Å². The van der Waals surface area contributed by atoms with Gasteiger partial charge in [0.15, 0.2) is 16.8 Å². The quantitative estimate of drug-likeness (QED) is 0.0724. The number of aliphatic imine (C=N–C) groups is 1. The smallest absolute Gasteiger partial charge is 0.389 e. The van der Waals surface area contributed by atoms with E-state index in [2.05, 4.69) is 20.9 Å². The summed E-state index contributed by atoms with van der Waals surface area (Å²) in [5.74, 6) is -10.9. The fraction of sp³-hybridized carbons (Fsp3) is 0.381. The third-order valence-electron chi connectivity index (χ3n) is 4.57. The Bertz CT molecular complexity index is 1220. The first-order valence-electron chi connectivity index (χ1n) is 10.5. The molecule has 0 aliphatic carbocycles. The molecular weight excluding hydrogens is 568 g/mol. The number of pyridine rings is 1. The zero-order valence-electron chi connectivity index (χ0n) is 20.3. The predicted molar refractivity (Wildman–Crippen MR) is 126 cm³/mol. The number of hydrogen-bond donors (Lipinski definition) is 5. The highest BCUT2D eigenvalue weighted by atomic mass is 32.2. The van der Waals surface area contributed by atoms with Gasteiger partial charge in [-0.15, -0.1) is 0 Å². The largest absolute Gasteiger partial charge is 0.460 e. The van der Waals surface area contributed by atoms with E-state index in [1.165, 1.54) is 39.2 Å². The molecule has 1 aromatic heterocycles. The van der Waals surface area contributed by atoms with Gasteiger partial charge in [-0.2, -0.15) is 30.7 Å². The second kappa shape index (κ2) is 11.9. The van der Waals surface area contributed by atoms with E-state index in [9.17, 15) is 45.0 Å². The number of alkyl halides is 7. The van der Waals surface area contributed by atoms with Gasteiger partial charge in [0.25, 0.3) is 5.91 Å². The van der Waals surface area contributed by atoms with Crippen molar-refractivity contribution in [2.75, 3.05) is 24.5 Å². The maximum absolute atomic E-state index is 14.5. The van der Waals surface area contributed by atoms with Crippen LogP contribution in [0.5, 0.6) is 0 Å². The van der Waals surface area contributed by atoms with Gasteiger partial charge in [0.05, 0.1) is 30.5 Å². The Morgan fingerprint density at radius 3 is 2.31 bits per heavy atom. The van der Waals surface area contributed by atoms with Gasteiger partial charge < -0.3 is 15.8 Å². The monoisotopic (exact) mass is 590 g/mol. The topological polar surface area (TPSA) is 134 Å². The molecule has 0 aliphatic heterocycles. The van der Waals surface area contributed by atoms with Crippen molar-refractivity contribution in [1.82, 2.24) is 10.4 Å². The van der Waals surface area contributed by atoms with Crippen molar-refractivity contribution in [3.8, 4) is 0 Å². The minimum atomic E-state index is -6.64. The Hall–Kier alpha value is -3.22. The number of nitrogens with one attached hydrogen (secondary N) is 3. The molecule has 1 heterocycles. The highest BCUT2D eigenvalue weighted by Crippen LogP contribution is 2.51. The number of aromatic nitrogens is 1. The lowest BCUT2D eigenvalue weighted by atomic mass is 10.0. The van der Waals surface area contributed by atoms with Crippen LogP contribution in [0.3, 0.4) is 0 Å². The Kier molecular flexibility index (Phi) is 9.75. The second-order valence-electron chi connectivity index (χ2n) is 8.35. The molecule has 0 radical (unpaired) electrons. The van der Waals surface area contributed by atoms with Crippen molar-refractivity contribution in [2.45, 2.75) is 42.4 Å². The average molecular weight is 590 g/mol. The minimum absolute atomic E-state index is 0.0418. The van der Waals surface area contributed by atoms with E-state index < -0.39 is 46.7 Å². The zero-order valence-corrected chi connectivity index (χ0v) is 21.1. The number of amides is 1. The molecule has 1 aromatic carbocycles. The van der Waals surface area contributed by atoms with Gasteiger partial charge in [-0.05, 0) is 38.1 Å². The summed E-state index contributed by atoms with van der Waals surface area (Å²) in [4.78, 5) is 25.0. The van der Waals surface area contributed by atoms with Gasteiger partial charge >= 0.3 is 18.0 Å². The van der Waals surface area contributed by atoms with Crippen LogP contribution in [0.4, 0.5) is 46.6 Å². The Morgan fingerprint density at radius 1 is 1.15 bits per heavy atom. The van der Waals surface area contributed by atoms with E-state index in [1.807, 2.05) is 5.32 Å². The number of nitrogens with zero attached hydrogens (tertiary/aromatic N) is 2. The SMILES string of the molecule is CONc1ccc(SC(=NCC(C)(C)O)NN)c(C(=O)Nc2ncc(C(F)(F)C(F)(F)C(F)(F)F)cc2F)c1. The van der Waals surface area contributed by atoms with E-state index >= 15 is 0 Å². The van der Waals surface area contributed by atoms with E-state index in [0.717, 1.165) is 11.8 Å². The highest BCUT2D eigenvalue weighted by Gasteiger charge is 2.73. The molecule has 0 bridgehead atoms. The molecule has 2 rings (SSSR count). The van der Waals surface area contributed by atoms with Crippen LogP contribution in [0, 0.1) is 5.82 Å². The Labute approximate surface area is 220 Å². The number of carbonyl (C=O) groups excluding carboxylic acids is 1. The van der Waals surface area contributed by atoms with Crippen LogP contribution in [-0.4, -0.2) is 52.5 Å². The van der Waals surface area contributed by atoms with E-state index in [0.29, 0.717) is 0 Å². The first-order chi connectivity index (χ1) is 17.8. The number of rotatable bonds is 9. The highest BCUT2D eigenvalue weighted by molar-refractivity contribution is 8.13. The molecule has 2 aromatic rings. The number of anilines is 2. The van der Waals surface area contributed by atoms with Crippen molar-refractivity contribution < 1.29 is 49.9 Å². The lowest BCUT2D eigenvalue weighted by molar-refractivity contribution is -0.359. The standard InChI is InChI=1S/C21H22F8N6O3S/c1-18(2,37)9-32-17(34-30)39-14-5-4-11(35-38-3)7-12(14)16(36)33-15-13(22)6-10(8-31-15)19(23,24)20(25,26)21(27,28)29/h4-8,35,37H,9,30H2,1-3H3,(H,32,34)(H,31,33,36). The van der Waals surface area contributed by atoms with Crippen LogP contribution in [0.2, 0.25) is 0 Å². The Morgan fingerprint density at radius 2 is 1.79 bits per heavy atom. The first-order valence-corrected chi connectivity index (χ1v) is 11.3. The molecule has 0 aliphatic rings. The molecule has 9 nitrogen and oxygen atoms in total. The third kappa shape index (κ3) is 7.68. The number of carbonyl (C=O) groups is 1. The van der Waals surface area contributed by atoms with Gasteiger partial charge in [-0.1, -0.05) is 11.8 Å². The fourth-order valence-electron chi connectivity index (χ4n) is 2.69. The van der Waals surface area contributed by atoms with Crippen molar-refractivity contribution in [1.29, 1.82) is 0 Å². The molecule has 18 heteroatoms. The van der Waals surface area contributed by atoms with Gasteiger partial charge in [-0.25, -0.2) is 15.2 Å². The predicted octanol–water partition coefficient (Wildman–Crippen LogP) is 4.42. The molecule has 0 spiro atoms. The van der Waals surface area contributed by atoms with Gasteiger partial charge in [0.1, 0.15) is 0 Å². The van der Waals surface area contributed by atoms with E-state index in [1.54, 1.807) is 0 Å². The van der Waals surface area contributed by atoms with Crippen molar-refractivity contribution >= 4 is 34.3 Å². The molecular formula is C21H22F8N6O3S. The molecule has 0 fully saturated rings. The average Bonchev–Trinajstić information content (AvgIpc) is 2.82. The van der Waals surface area contributed by atoms with Gasteiger partial charge in [-0.3, -0.25) is 20.1 Å². The van der Waals surface area contributed by atoms with Crippen molar-refractivity contribution in [3.05, 3.63) is 47.4 Å². The summed E-state index contributed by atoms with van der Waals surface area (Å²) in [7, 11) is 1.26. The molecule has 0 atom stereocenters. The van der Waals surface area contributed by atoms with Crippen LogP contribution in [0.15, 0.2) is 40.4 Å². The van der Waals surface area contributed by atoms with Crippen LogP contribution in [0.1, 0.15) is 29.8 Å². The lowest BCUT2D eigenvalue weighted by Gasteiger charge is -2.28. The number of nitrogens with two attached hydrogens (primary N) is 1. The molecule has 1 amide bonds. The second-order valence-corrected chi connectivity index (χ2v) is 9.38. The van der Waals surface area contributed by atoms with Crippen LogP contribution in [-0.2, 0) is 10.8 Å². The fourth-order valence-corrected chi connectivity index (χ4v) is 3.48. The summed E-state index contributed by atoms with van der Waals surface area (Å²) >= 11 is 0.807. The van der Waals surface area contributed by atoms with Crippen LogP contribution >= 0.6 is 11.8 Å². The number of thioether (sulfide) groups is 1. The number of hydrazine groups is 1. The maximum atomic E-state index is 14.5. The number of aliphatic hydroxyl groups is 1. The summed E-state index contributed by atoms with van der Waals surface area (Å²) < 4.78 is 106. The van der Waals surface area contributed by atoms with Gasteiger partial charge in [0.2, 0.25) is 0 Å². The number of hydrogen-bond acceptors (Lipinski definition) is 8.